The van der Waals surface area contributed by atoms with Crippen LogP contribution in [0.1, 0.15) is 44.5 Å². The van der Waals surface area contributed by atoms with Crippen molar-refractivity contribution in [3.8, 4) is 5.88 Å². The van der Waals surface area contributed by atoms with Gasteiger partial charge >= 0.3 is 0 Å². The smallest absolute Gasteiger partial charge is 0.255 e. The Balaban J connectivity index is 1.90. The predicted octanol–water partition coefficient (Wildman–Crippen LogP) is 2.04. The molecule has 25 heavy (non-hydrogen) atoms. The van der Waals surface area contributed by atoms with Gasteiger partial charge in [-0.15, -0.1) is 0 Å². The van der Waals surface area contributed by atoms with Gasteiger partial charge in [0.2, 0.25) is 5.88 Å². The number of rotatable bonds is 7. The van der Waals surface area contributed by atoms with E-state index in [0.717, 1.165) is 32.6 Å². The third kappa shape index (κ3) is 5.16. The van der Waals surface area contributed by atoms with Crippen LogP contribution in [-0.2, 0) is 0 Å². The maximum Gasteiger partial charge on any atom is 0.255 e. The second kappa shape index (κ2) is 8.63. The predicted molar refractivity (Wildman–Crippen MR) is 97.8 cm³/mol. The number of nitrogens with zero attached hydrogens (tertiary/aromatic N) is 3. The normalized spacial score (nSPS) is 18.2. The van der Waals surface area contributed by atoms with E-state index in [1.165, 1.54) is 0 Å². The van der Waals surface area contributed by atoms with E-state index in [4.69, 9.17) is 4.74 Å². The third-order valence-electron chi connectivity index (χ3n) is 5.12. The summed E-state index contributed by atoms with van der Waals surface area (Å²) in [4.78, 5) is 21.1. The van der Waals surface area contributed by atoms with Crippen LogP contribution in [0.5, 0.6) is 5.88 Å². The van der Waals surface area contributed by atoms with Crippen LogP contribution >= 0.6 is 0 Å². The van der Waals surface area contributed by atoms with Gasteiger partial charge in [-0.1, -0.05) is 13.8 Å². The van der Waals surface area contributed by atoms with Crippen LogP contribution in [0.3, 0.4) is 0 Å². The fraction of sp³-hybridized carbons (Fsp3) is 0.684. The summed E-state index contributed by atoms with van der Waals surface area (Å²) in [5, 5.41) is 9.42. The molecule has 6 heteroatoms. The molecular formula is C19H31N3O3. The highest BCUT2D eigenvalue weighted by Crippen LogP contribution is 2.21. The molecule has 1 fully saturated rings. The van der Waals surface area contributed by atoms with Gasteiger partial charge in [0.05, 0.1) is 18.8 Å². The van der Waals surface area contributed by atoms with E-state index < -0.39 is 0 Å². The minimum Gasteiger partial charge on any atom is -0.477 e. The van der Waals surface area contributed by atoms with Crippen LogP contribution in [-0.4, -0.2) is 71.2 Å². The highest BCUT2D eigenvalue weighted by Gasteiger charge is 2.24. The van der Waals surface area contributed by atoms with Crippen molar-refractivity contribution in [2.24, 2.45) is 5.41 Å². The first-order valence-electron chi connectivity index (χ1n) is 9.11. The van der Waals surface area contributed by atoms with Crippen LogP contribution in [0.2, 0.25) is 0 Å². The maximum atomic E-state index is 12.6. The maximum absolute atomic E-state index is 12.6. The average molecular weight is 349 g/mol. The Bertz CT molecular complexity index is 548. The van der Waals surface area contributed by atoms with Crippen molar-refractivity contribution in [1.29, 1.82) is 0 Å². The lowest BCUT2D eigenvalue weighted by Crippen LogP contribution is -2.50. The van der Waals surface area contributed by atoms with E-state index in [1.807, 2.05) is 18.7 Å². The Morgan fingerprint density at radius 2 is 2.00 bits per heavy atom. The summed E-state index contributed by atoms with van der Waals surface area (Å²) in [7, 11) is 0. The molecule has 2 heterocycles. The summed E-state index contributed by atoms with van der Waals surface area (Å²) < 4.78 is 5.67. The number of carbonyl (C=O) groups excluding carboxylic acids is 1. The highest BCUT2D eigenvalue weighted by molar-refractivity contribution is 5.94. The lowest BCUT2D eigenvalue weighted by atomic mass is 9.90. The molecule has 1 saturated heterocycles. The summed E-state index contributed by atoms with van der Waals surface area (Å²) in [6.45, 7) is 12.2. The van der Waals surface area contributed by atoms with Gasteiger partial charge in [0, 0.05) is 49.9 Å². The van der Waals surface area contributed by atoms with Crippen LogP contribution in [0.25, 0.3) is 0 Å². The summed E-state index contributed by atoms with van der Waals surface area (Å²) in [6, 6.07) is 4.01. The lowest BCUT2D eigenvalue weighted by molar-refractivity contribution is 0.0594. The Hall–Kier alpha value is -1.66. The fourth-order valence-electron chi connectivity index (χ4n) is 2.72. The van der Waals surface area contributed by atoms with Gasteiger partial charge in [0.15, 0.2) is 0 Å². The number of pyridine rings is 1. The minimum absolute atomic E-state index is 0.0243. The zero-order chi connectivity index (χ0) is 18.4. The molecule has 1 aromatic heterocycles. The minimum atomic E-state index is -0.272. The molecule has 0 aliphatic carbocycles. The van der Waals surface area contributed by atoms with Crippen molar-refractivity contribution in [3.63, 3.8) is 0 Å². The number of hydrogen-bond donors (Lipinski definition) is 1. The summed E-state index contributed by atoms with van der Waals surface area (Å²) in [6.07, 6.45) is 2.40. The first kappa shape index (κ1) is 19.7. The molecule has 2 rings (SSSR count). The second-order valence-electron chi connectivity index (χ2n) is 7.42. The van der Waals surface area contributed by atoms with Gasteiger partial charge in [-0.25, -0.2) is 4.98 Å². The van der Waals surface area contributed by atoms with Crippen LogP contribution in [0.15, 0.2) is 18.3 Å². The number of aromatic nitrogens is 1. The van der Waals surface area contributed by atoms with Crippen molar-refractivity contribution in [3.05, 3.63) is 23.9 Å². The van der Waals surface area contributed by atoms with E-state index in [0.29, 0.717) is 24.1 Å². The molecule has 0 bridgehead atoms. The Morgan fingerprint density at radius 1 is 1.32 bits per heavy atom. The van der Waals surface area contributed by atoms with Crippen molar-refractivity contribution < 1.29 is 14.6 Å². The quantitative estimate of drug-likeness (QED) is 0.816. The number of carbonyl (C=O) groups is 1. The van der Waals surface area contributed by atoms with Gasteiger partial charge in [0.25, 0.3) is 5.91 Å². The largest absolute Gasteiger partial charge is 0.477 e. The van der Waals surface area contributed by atoms with Crippen LogP contribution in [0, 0.1) is 5.41 Å². The van der Waals surface area contributed by atoms with Crippen LogP contribution < -0.4 is 4.74 Å². The fourth-order valence-corrected chi connectivity index (χ4v) is 2.72. The number of amides is 1. The second-order valence-corrected chi connectivity index (χ2v) is 7.42. The Labute approximate surface area is 150 Å². The van der Waals surface area contributed by atoms with E-state index in [9.17, 15) is 9.90 Å². The van der Waals surface area contributed by atoms with E-state index in [-0.39, 0.29) is 17.9 Å². The molecule has 0 spiro atoms. The molecule has 140 valence electrons. The average Bonchev–Trinajstić information content (AvgIpc) is 2.66. The molecule has 1 unspecified atom stereocenters. The van der Waals surface area contributed by atoms with Crippen molar-refractivity contribution in [2.75, 3.05) is 39.4 Å². The molecule has 1 atom stereocenters. The zero-order valence-electron chi connectivity index (χ0n) is 15.9. The monoisotopic (exact) mass is 349 g/mol. The van der Waals surface area contributed by atoms with Crippen molar-refractivity contribution in [1.82, 2.24) is 14.8 Å². The molecule has 1 N–H and O–H groups in total. The number of aliphatic hydroxyl groups is 1. The molecule has 1 aliphatic rings. The highest BCUT2D eigenvalue weighted by atomic mass is 16.5. The third-order valence-corrected chi connectivity index (χ3v) is 5.12. The Kier molecular flexibility index (Phi) is 6.79. The zero-order valence-corrected chi connectivity index (χ0v) is 15.9. The lowest BCUT2D eigenvalue weighted by Gasteiger charge is -2.36. The van der Waals surface area contributed by atoms with E-state index in [2.05, 4.69) is 23.7 Å². The van der Waals surface area contributed by atoms with Gasteiger partial charge in [-0.2, -0.15) is 0 Å². The van der Waals surface area contributed by atoms with Gasteiger partial charge in [0.1, 0.15) is 0 Å². The molecule has 1 aliphatic heterocycles. The SMILES string of the molecule is CCC(C)(CO)COc1ccc(C(=O)N2CCN(C(C)C)CC2)cn1. The molecule has 1 aromatic rings. The van der Waals surface area contributed by atoms with Crippen molar-refractivity contribution >= 4 is 5.91 Å². The van der Waals surface area contributed by atoms with Gasteiger partial charge in [-0.05, 0) is 26.3 Å². The summed E-state index contributed by atoms with van der Waals surface area (Å²) >= 11 is 0. The first-order valence-corrected chi connectivity index (χ1v) is 9.11. The number of hydrogen-bond acceptors (Lipinski definition) is 5. The Morgan fingerprint density at radius 3 is 2.48 bits per heavy atom. The number of piperazine rings is 1. The molecule has 6 nitrogen and oxygen atoms in total. The van der Waals surface area contributed by atoms with E-state index >= 15 is 0 Å². The summed E-state index contributed by atoms with van der Waals surface area (Å²) in [5.74, 6) is 0.505. The van der Waals surface area contributed by atoms with Gasteiger partial charge in [-0.3, -0.25) is 9.69 Å². The molecule has 0 aromatic carbocycles. The first-order chi connectivity index (χ1) is 11.9. The van der Waals surface area contributed by atoms with Crippen LogP contribution in [0.4, 0.5) is 0 Å². The topological polar surface area (TPSA) is 65.9 Å². The molecule has 0 saturated carbocycles. The number of aliphatic hydroxyl groups excluding tert-OH is 1. The molecule has 0 radical (unpaired) electrons. The van der Waals surface area contributed by atoms with Gasteiger partial charge < -0.3 is 14.7 Å². The standard InChI is InChI=1S/C19H31N3O3/c1-5-19(4,13-23)14-25-17-7-6-16(12-20-17)18(24)22-10-8-21(9-11-22)15(2)3/h6-7,12,15,23H,5,8-11,13-14H2,1-4H3. The van der Waals surface area contributed by atoms with Crippen molar-refractivity contribution in [2.45, 2.75) is 40.2 Å². The number of ether oxygens (including phenoxy) is 1. The molecule has 1 amide bonds. The van der Waals surface area contributed by atoms with E-state index in [1.54, 1.807) is 18.3 Å². The molecular weight excluding hydrogens is 318 g/mol. The summed E-state index contributed by atoms with van der Waals surface area (Å²) in [5.41, 5.74) is 0.317.